The van der Waals surface area contributed by atoms with E-state index in [1.807, 2.05) is 6.92 Å². The topological polar surface area (TPSA) is 70.6 Å². The largest absolute Gasteiger partial charge is 0.394 e. The molecule has 0 radical (unpaired) electrons. The van der Waals surface area contributed by atoms with E-state index in [1.54, 1.807) is 0 Å². The highest BCUT2D eigenvalue weighted by atomic mass is 16.5. The van der Waals surface area contributed by atoms with E-state index in [1.165, 1.54) is 19.3 Å². The smallest absolute Gasteiger partial charge is 0.315 e. The van der Waals surface area contributed by atoms with Crippen LogP contribution in [0.5, 0.6) is 0 Å². The molecule has 2 aliphatic carbocycles. The second-order valence-corrected chi connectivity index (χ2v) is 6.90. The van der Waals surface area contributed by atoms with Crippen molar-refractivity contribution in [2.75, 3.05) is 19.8 Å². The number of nitrogens with one attached hydrogen (secondary N) is 2. The van der Waals surface area contributed by atoms with Crippen LogP contribution in [0.2, 0.25) is 0 Å². The Morgan fingerprint density at radius 1 is 1.29 bits per heavy atom. The van der Waals surface area contributed by atoms with Crippen LogP contribution < -0.4 is 10.6 Å². The van der Waals surface area contributed by atoms with Crippen LogP contribution in [0.25, 0.3) is 0 Å². The standard InChI is InChI=1S/C16H30N2O3/c1-12-5-3-4-6-14(12)21-10-9-17-15(20)18-16(2,11-19)13-7-8-13/h12-14,19H,3-11H2,1-2H3,(H2,17,18,20)/t12-,14+,16+/m1/s1. The number of hydrogen-bond donors (Lipinski definition) is 3. The van der Waals surface area contributed by atoms with Gasteiger partial charge in [0, 0.05) is 6.54 Å². The maximum atomic E-state index is 11.9. The Bertz CT molecular complexity index is 346. The molecule has 0 bridgehead atoms. The van der Waals surface area contributed by atoms with Crippen LogP contribution in [0, 0.1) is 11.8 Å². The minimum absolute atomic E-state index is 0.0127. The zero-order valence-electron chi connectivity index (χ0n) is 13.4. The van der Waals surface area contributed by atoms with Gasteiger partial charge in [0.2, 0.25) is 0 Å². The van der Waals surface area contributed by atoms with E-state index in [0.29, 0.717) is 31.1 Å². The predicted octanol–water partition coefficient (Wildman–Crippen LogP) is 2.04. The lowest BCUT2D eigenvalue weighted by molar-refractivity contribution is -0.00253. The number of rotatable bonds is 7. The van der Waals surface area contributed by atoms with Gasteiger partial charge in [-0.05, 0) is 44.4 Å². The van der Waals surface area contributed by atoms with Gasteiger partial charge in [0.05, 0.1) is 24.9 Å². The van der Waals surface area contributed by atoms with Crippen molar-refractivity contribution < 1.29 is 14.6 Å². The van der Waals surface area contributed by atoms with Gasteiger partial charge in [-0.2, -0.15) is 0 Å². The molecule has 0 spiro atoms. The number of urea groups is 1. The van der Waals surface area contributed by atoms with Gasteiger partial charge in [-0.3, -0.25) is 0 Å². The first-order chi connectivity index (χ1) is 10.0. The zero-order valence-corrected chi connectivity index (χ0v) is 13.4. The van der Waals surface area contributed by atoms with Crippen molar-refractivity contribution in [1.29, 1.82) is 0 Å². The molecule has 0 heterocycles. The first-order valence-electron chi connectivity index (χ1n) is 8.33. The van der Waals surface area contributed by atoms with Crippen molar-refractivity contribution in [3.05, 3.63) is 0 Å². The van der Waals surface area contributed by atoms with E-state index < -0.39 is 5.54 Å². The fourth-order valence-electron chi connectivity index (χ4n) is 3.20. The summed E-state index contributed by atoms with van der Waals surface area (Å²) in [7, 11) is 0. The molecule has 3 atom stereocenters. The van der Waals surface area contributed by atoms with Gasteiger partial charge < -0.3 is 20.5 Å². The molecule has 2 fully saturated rings. The maximum absolute atomic E-state index is 11.9. The highest BCUT2D eigenvalue weighted by molar-refractivity contribution is 5.74. The van der Waals surface area contributed by atoms with Crippen LogP contribution >= 0.6 is 0 Å². The van der Waals surface area contributed by atoms with Gasteiger partial charge >= 0.3 is 6.03 Å². The Kier molecular flexibility index (Phi) is 5.88. The SMILES string of the molecule is C[C@@H]1CCCC[C@@H]1OCCNC(=O)N[C@@](C)(CO)C1CC1. The first-order valence-corrected chi connectivity index (χ1v) is 8.33. The quantitative estimate of drug-likeness (QED) is 0.630. The van der Waals surface area contributed by atoms with Crippen LogP contribution in [0.4, 0.5) is 4.79 Å². The summed E-state index contributed by atoms with van der Waals surface area (Å²) in [6, 6.07) is -0.209. The van der Waals surface area contributed by atoms with Crippen LogP contribution in [-0.4, -0.2) is 42.5 Å². The highest BCUT2D eigenvalue weighted by Gasteiger charge is 2.42. The number of aliphatic hydroxyl groups excluding tert-OH is 1. The summed E-state index contributed by atoms with van der Waals surface area (Å²) in [4.78, 5) is 11.9. The molecule has 0 aliphatic heterocycles. The molecule has 0 aromatic rings. The fourth-order valence-corrected chi connectivity index (χ4v) is 3.20. The number of carbonyl (C=O) groups is 1. The van der Waals surface area contributed by atoms with E-state index in [0.717, 1.165) is 19.3 Å². The summed E-state index contributed by atoms with van der Waals surface area (Å²) in [6.07, 6.45) is 7.45. The minimum atomic E-state index is -0.483. The molecule has 2 aliphatic rings. The van der Waals surface area contributed by atoms with E-state index >= 15 is 0 Å². The second kappa shape index (κ2) is 7.45. The molecule has 5 heteroatoms. The van der Waals surface area contributed by atoms with Gasteiger partial charge in [-0.15, -0.1) is 0 Å². The first kappa shape index (κ1) is 16.6. The molecule has 0 aromatic heterocycles. The lowest BCUT2D eigenvalue weighted by atomic mass is 9.88. The number of carbonyl (C=O) groups excluding carboxylic acids is 1. The zero-order chi connectivity index (χ0) is 15.3. The normalized spacial score (nSPS) is 28.7. The second-order valence-electron chi connectivity index (χ2n) is 6.90. The summed E-state index contributed by atoms with van der Waals surface area (Å²) < 4.78 is 5.87. The average Bonchev–Trinajstić information content (AvgIpc) is 3.30. The number of ether oxygens (including phenoxy) is 1. The Balaban J connectivity index is 1.60. The van der Waals surface area contributed by atoms with E-state index in [2.05, 4.69) is 17.6 Å². The summed E-state index contributed by atoms with van der Waals surface area (Å²) in [5.41, 5.74) is -0.483. The third kappa shape index (κ3) is 4.85. The van der Waals surface area contributed by atoms with Gasteiger partial charge in [0.1, 0.15) is 0 Å². The van der Waals surface area contributed by atoms with Crippen molar-refractivity contribution in [3.63, 3.8) is 0 Å². The highest BCUT2D eigenvalue weighted by Crippen LogP contribution is 2.39. The molecule has 2 amide bonds. The van der Waals surface area contributed by atoms with E-state index in [-0.39, 0.29) is 12.6 Å². The van der Waals surface area contributed by atoms with Crippen molar-refractivity contribution in [2.45, 2.75) is 64.0 Å². The lowest BCUT2D eigenvalue weighted by Gasteiger charge is -2.30. The summed E-state index contributed by atoms with van der Waals surface area (Å²) in [5, 5.41) is 15.2. The number of aliphatic hydroxyl groups is 1. The van der Waals surface area contributed by atoms with Crippen molar-refractivity contribution in [3.8, 4) is 0 Å². The molecule has 5 nitrogen and oxygen atoms in total. The molecular weight excluding hydrogens is 268 g/mol. The molecule has 0 aromatic carbocycles. The average molecular weight is 298 g/mol. The van der Waals surface area contributed by atoms with Gasteiger partial charge in [0.15, 0.2) is 0 Å². The van der Waals surface area contributed by atoms with Crippen molar-refractivity contribution >= 4 is 6.03 Å². The predicted molar refractivity (Wildman–Crippen MR) is 82.1 cm³/mol. The molecule has 0 saturated heterocycles. The van der Waals surface area contributed by atoms with Gasteiger partial charge in [0.25, 0.3) is 0 Å². The van der Waals surface area contributed by atoms with Crippen LogP contribution in [-0.2, 0) is 4.74 Å². The Morgan fingerprint density at radius 2 is 2.00 bits per heavy atom. The molecular formula is C16H30N2O3. The minimum Gasteiger partial charge on any atom is -0.394 e. The van der Waals surface area contributed by atoms with Gasteiger partial charge in [-0.1, -0.05) is 19.8 Å². The molecule has 21 heavy (non-hydrogen) atoms. The molecule has 3 N–H and O–H groups in total. The van der Waals surface area contributed by atoms with Crippen molar-refractivity contribution in [1.82, 2.24) is 10.6 Å². The fraction of sp³-hybridized carbons (Fsp3) is 0.938. The molecule has 122 valence electrons. The Hall–Kier alpha value is -0.810. The van der Waals surface area contributed by atoms with Crippen molar-refractivity contribution in [2.24, 2.45) is 11.8 Å². The van der Waals surface area contributed by atoms with Crippen LogP contribution in [0.1, 0.15) is 52.4 Å². The molecule has 2 saturated carbocycles. The monoisotopic (exact) mass is 298 g/mol. The number of hydrogen-bond acceptors (Lipinski definition) is 3. The summed E-state index contributed by atoms with van der Waals surface area (Å²) in [6.45, 7) is 5.21. The molecule has 0 unspecified atom stereocenters. The summed E-state index contributed by atoms with van der Waals surface area (Å²) in [5.74, 6) is 1.03. The van der Waals surface area contributed by atoms with Crippen LogP contribution in [0.15, 0.2) is 0 Å². The summed E-state index contributed by atoms with van der Waals surface area (Å²) >= 11 is 0. The third-order valence-electron chi connectivity index (χ3n) is 4.96. The Labute approximate surface area is 127 Å². The van der Waals surface area contributed by atoms with E-state index in [9.17, 15) is 9.90 Å². The van der Waals surface area contributed by atoms with Gasteiger partial charge in [-0.25, -0.2) is 4.79 Å². The third-order valence-corrected chi connectivity index (χ3v) is 4.96. The van der Waals surface area contributed by atoms with E-state index in [4.69, 9.17) is 4.74 Å². The number of amides is 2. The molecule has 2 rings (SSSR count). The lowest BCUT2D eigenvalue weighted by Crippen LogP contribution is -2.54. The Morgan fingerprint density at radius 3 is 2.62 bits per heavy atom. The maximum Gasteiger partial charge on any atom is 0.315 e. The van der Waals surface area contributed by atoms with Crippen LogP contribution in [0.3, 0.4) is 0 Å².